The van der Waals surface area contributed by atoms with Crippen molar-refractivity contribution in [3.05, 3.63) is 22.4 Å². The number of carbonyl (C=O) groups excluding carboxylic acids is 1. The highest BCUT2D eigenvalue weighted by atomic mass is 79.9. The summed E-state index contributed by atoms with van der Waals surface area (Å²) in [6, 6.07) is 1.38. The van der Waals surface area contributed by atoms with Gasteiger partial charge in [-0.2, -0.15) is 4.72 Å². The first kappa shape index (κ1) is 16.2. The molecule has 4 N–H and O–H groups in total. The zero-order chi connectivity index (χ0) is 15.8. The molecule has 1 aromatic carbocycles. The molecule has 1 fully saturated rings. The zero-order valence-corrected chi connectivity index (χ0v) is 13.6. The molecule has 0 spiro atoms. The molecule has 6 nitrogen and oxygen atoms in total. The molecule has 1 atom stereocenters. The van der Waals surface area contributed by atoms with E-state index in [9.17, 15) is 17.6 Å². The summed E-state index contributed by atoms with van der Waals surface area (Å²) < 4.78 is 40.3. The Kier molecular flexibility index (Phi) is 4.54. The molecule has 9 heteroatoms. The van der Waals surface area contributed by atoms with E-state index >= 15 is 0 Å². The molecule has 0 bridgehead atoms. The van der Waals surface area contributed by atoms with Crippen LogP contribution < -0.4 is 15.8 Å². The van der Waals surface area contributed by atoms with E-state index in [0.29, 0.717) is 0 Å². The Bertz CT molecular complexity index is 677. The average molecular weight is 380 g/mol. The highest BCUT2D eigenvalue weighted by Crippen LogP contribution is 2.26. The van der Waals surface area contributed by atoms with Crippen LogP contribution in [0.5, 0.6) is 0 Å². The Labute approximate surface area is 130 Å². The Morgan fingerprint density at radius 1 is 1.48 bits per heavy atom. The predicted molar refractivity (Wildman–Crippen MR) is 79.5 cm³/mol. The molecule has 0 heterocycles. The maximum atomic E-state index is 13.9. The quantitative estimate of drug-likeness (QED) is 0.667. The van der Waals surface area contributed by atoms with Gasteiger partial charge in [0.1, 0.15) is 4.90 Å². The zero-order valence-electron chi connectivity index (χ0n) is 11.2. The molecule has 21 heavy (non-hydrogen) atoms. The van der Waals surface area contributed by atoms with E-state index in [2.05, 4.69) is 26.0 Å². The van der Waals surface area contributed by atoms with Gasteiger partial charge in [0.2, 0.25) is 15.9 Å². The summed E-state index contributed by atoms with van der Waals surface area (Å²) >= 11 is 2.90. The number of halogens is 2. The number of carbonyl (C=O) groups is 1. The standard InChI is InChI=1S/C12H15BrFN3O3S/c1-6(12(18)16-8-2-3-8)17-21(19,20)10-5-7(15)4-9(13)11(10)14/h4-6,8,17H,2-3,15H2,1H3,(H,16,18). The molecule has 0 aliphatic heterocycles. The van der Waals surface area contributed by atoms with Crippen LogP contribution in [-0.2, 0) is 14.8 Å². The van der Waals surface area contributed by atoms with Crippen molar-refractivity contribution in [2.24, 2.45) is 0 Å². The average Bonchev–Trinajstić information content (AvgIpc) is 3.16. The fourth-order valence-corrected chi connectivity index (χ4v) is 3.63. The van der Waals surface area contributed by atoms with Crippen molar-refractivity contribution in [3.8, 4) is 0 Å². The minimum Gasteiger partial charge on any atom is -0.399 e. The van der Waals surface area contributed by atoms with Gasteiger partial charge in [-0.3, -0.25) is 4.79 Å². The van der Waals surface area contributed by atoms with Crippen LogP contribution >= 0.6 is 15.9 Å². The van der Waals surface area contributed by atoms with Gasteiger partial charge in [0.05, 0.1) is 10.5 Å². The van der Waals surface area contributed by atoms with Crippen LogP contribution in [0.15, 0.2) is 21.5 Å². The van der Waals surface area contributed by atoms with Crippen molar-refractivity contribution >= 4 is 37.5 Å². The lowest BCUT2D eigenvalue weighted by Crippen LogP contribution is -2.45. The Hall–Kier alpha value is -1.19. The molecule has 1 amide bonds. The smallest absolute Gasteiger partial charge is 0.244 e. The summed E-state index contributed by atoms with van der Waals surface area (Å²) in [5, 5.41) is 2.67. The van der Waals surface area contributed by atoms with E-state index < -0.39 is 32.7 Å². The molecule has 1 aliphatic rings. The number of anilines is 1. The molecule has 2 rings (SSSR count). The van der Waals surface area contributed by atoms with Crippen LogP contribution in [0, 0.1) is 5.82 Å². The van der Waals surface area contributed by atoms with Gasteiger partial charge in [-0.05, 0) is 47.8 Å². The molecule has 0 aromatic heterocycles. The molecule has 0 radical (unpaired) electrons. The van der Waals surface area contributed by atoms with Gasteiger partial charge in [0.25, 0.3) is 0 Å². The number of benzene rings is 1. The highest BCUT2D eigenvalue weighted by Gasteiger charge is 2.29. The minimum absolute atomic E-state index is 0.0574. The minimum atomic E-state index is -4.19. The lowest BCUT2D eigenvalue weighted by Gasteiger charge is -2.15. The summed E-state index contributed by atoms with van der Waals surface area (Å²) in [6.45, 7) is 1.40. The van der Waals surface area contributed by atoms with E-state index in [4.69, 9.17) is 5.73 Å². The fraction of sp³-hybridized carbons (Fsp3) is 0.417. The number of hydrogen-bond acceptors (Lipinski definition) is 4. The SMILES string of the molecule is CC(NS(=O)(=O)c1cc(N)cc(Br)c1F)C(=O)NC1CC1. The Balaban J connectivity index is 2.19. The van der Waals surface area contributed by atoms with Crippen LogP contribution in [0.2, 0.25) is 0 Å². The predicted octanol–water partition coefficient (Wildman–Crippen LogP) is 1.12. The number of sulfonamides is 1. The maximum Gasteiger partial charge on any atom is 0.244 e. The molecular formula is C12H15BrFN3O3S. The summed E-state index contributed by atoms with van der Waals surface area (Å²) in [5.41, 5.74) is 5.62. The number of nitrogen functional groups attached to an aromatic ring is 1. The molecule has 1 saturated carbocycles. The van der Waals surface area contributed by atoms with Crippen LogP contribution in [0.25, 0.3) is 0 Å². The van der Waals surface area contributed by atoms with Crippen LogP contribution in [0.3, 0.4) is 0 Å². The normalized spacial score (nSPS) is 16.5. The van der Waals surface area contributed by atoms with E-state index in [-0.39, 0.29) is 16.2 Å². The van der Waals surface area contributed by atoms with Crippen LogP contribution in [-0.4, -0.2) is 26.4 Å². The third-order valence-corrected chi connectivity index (χ3v) is 5.07. The Morgan fingerprint density at radius 2 is 2.10 bits per heavy atom. The van der Waals surface area contributed by atoms with E-state index in [1.54, 1.807) is 0 Å². The topological polar surface area (TPSA) is 101 Å². The first-order valence-electron chi connectivity index (χ1n) is 6.28. The number of rotatable bonds is 5. The number of nitrogens with one attached hydrogen (secondary N) is 2. The summed E-state index contributed by atoms with van der Waals surface area (Å²) in [5.74, 6) is -1.39. The molecule has 1 aliphatic carbocycles. The highest BCUT2D eigenvalue weighted by molar-refractivity contribution is 9.10. The van der Waals surface area contributed by atoms with Crippen molar-refractivity contribution in [1.29, 1.82) is 0 Å². The lowest BCUT2D eigenvalue weighted by molar-refractivity contribution is -0.122. The summed E-state index contributed by atoms with van der Waals surface area (Å²) in [6.07, 6.45) is 1.78. The van der Waals surface area contributed by atoms with Crippen molar-refractivity contribution in [1.82, 2.24) is 10.0 Å². The van der Waals surface area contributed by atoms with E-state index in [1.807, 2.05) is 0 Å². The van der Waals surface area contributed by atoms with Crippen molar-refractivity contribution in [2.75, 3.05) is 5.73 Å². The number of amides is 1. The van der Waals surface area contributed by atoms with Crippen LogP contribution in [0.1, 0.15) is 19.8 Å². The monoisotopic (exact) mass is 379 g/mol. The second-order valence-corrected chi connectivity index (χ2v) is 7.48. The van der Waals surface area contributed by atoms with E-state index in [0.717, 1.165) is 18.9 Å². The van der Waals surface area contributed by atoms with Gasteiger partial charge in [-0.1, -0.05) is 0 Å². The van der Waals surface area contributed by atoms with E-state index in [1.165, 1.54) is 13.0 Å². The van der Waals surface area contributed by atoms with Gasteiger partial charge in [0, 0.05) is 11.7 Å². The second kappa shape index (κ2) is 5.90. The summed E-state index contributed by atoms with van der Waals surface area (Å²) in [7, 11) is -4.19. The van der Waals surface area contributed by atoms with Crippen molar-refractivity contribution in [2.45, 2.75) is 36.7 Å². The lowest BCUT2D eigenvalue weighted by atomic mass is 10.3. The molecular weight excluding hydrogens is 365 g/mol. The fourth-order valence-electron chi connectivity index (χ4n) is 1.68. The largest absolute Gasteiger partial charge is 0.399 e. The van der Waals surface area contributed by atoms with Crippen molar-refractivity contribution in [3.63, 3.8) is 0 Å². The third kappa shape index (κ3) is 3.92. The number of hydrogen-bond donors (Lipinski definition) is 3. The number of nitrogens with two attached hydrogens (primary N) is 1. The molecule has 116 valence electrons. The van der Waals surface area contributed by atoms with Gasteiger partial charge in [-0.25, -0.2) is 12.8 Å². The van der Waals surface area contributed by atoms with Gasteiger partial charge >= 0.3 is 0 Å². The first-order valence-corrected chi connectivity index (χ1v) is 8.55. The second-order valence-electron chi connectivity index (χ2n) is 4.94. The van der Waals surface area contributed by atoms with Gasteiger partial charge in [0.15, 0.2) is 5.82 Å². The third-order valence-electron chi connectivity index (χ3n) is 2.96. The van der Waals surface area contributed by atoms with Crippen LogP contribution in [0.4, 0.5) is 10.1 Å². The molecule has 1 unspecified atom stereocenters. The first-order chi connectivity index (χ1) is 9.70. The van der Waals surface area contributed by atoms with Gasteiger partial charge in [-0.15, -0.1) is 0 Å². The van der Waals surface area contributed by atoms with Crippen molar-refractivity contribution < 1.29 is 17.6 Å². The molecule has 0 saturated heterocycles. The van der Waals surface area contributed by atoms with Gasteiger partial charge < -0.3 is 11.1 Å². The molecule has 1 aromatic rings. The Morgan fingerprint density at radius 3 is 2.67 bits per heavy atom. The maximum absolute atomic E-state index is 13.9. The summed E-state index contributed by atoms with van der Waals surface area (Å²) in [4.78, 5) is 11.2.